The Balaban J connectivity index is 1.70. The van der Waals surface area contributed by atoms with E-state index in [0.717, 1.165) is 93.9 Å². The summed E-state index contributed by atoms with van der Waals surface area (Å²) in [4.78, 5) is 73.5. The molecule has 2 aliphatic heterocycles. The van der Waals surface area contributed by atoms with Crippen LogP contribution in [0.2, 0.25) is 0 Å². The highest BCUT2D eigenvalue weighted by molar-refractivity contribution is 7.61. The van der Waals surface area contributed by atoms with E-state index in [-0.39, 0.29) is 12.8 Å². The first-order valence-corrected chi connectivity index (χ1v) is 27.1. The van der Waals surface area contributed by atoms with Crippen LogP contribution < -0.4 is 16.6 Å². The van der Waals surface area contributed by atoms with Gasteiger partial charge in [-0.1, -0.05) is 129 Å². The van der Waals surface area contributed by atoms with Crippen molar-refractivity contribution < 1.29 is 86.7 Å². The molecule has 1 amide bonds. The Morgan fingerprint density at radius 3 is 1.81 bits per heavy atom. The average Bonchev–Trinajstić information content (AvgIpc) is 3.54. The number of ether oxygens (including phenoxy) is 3. The largest absolute Gasteiger partial charge is 0.483 e. The van der Waals surface area contributed by atoms with E-state index in [1.165, 1.54) is 25.7 Å². The number of aromatic nitrogens is 2. The number of unbranched alkanes of at least 4 members (excludes halogenated alkanes) is 16. The Hall–Kier alpha value is -2.44. The second-order valence-corrected chi connectivity index (χ2v) is 20.7. The zero-order valence-electron chi connectivity index (χ0n) is 39.3. The summed E-state index contributed by atoms with van der Waals surface area (Å²) in [7, 11) is -11.6. The number of esters is 1. The van der Waals surface area contributed by atoms with Gasteiger partial charge in [-0.3, -0.25) is 33.0 Å². The molecule has 23 nitrogen and oxygen atoms in total. The number of phosphoric ester groups is 2. The summed E-state index contributed by atoms with van der Waals surface area (Å²) in [5, 5.41) is 66.1. The van der Waals surface area contributed by atoms with Gasteiger partial charge in [-0.05, 0) is 12.8 Å². The van der Waals surface area contributed by atoms with Crippen molar-refractivity contribution in [1.29, 1.82) is 0 Å². The van der Waals surface area contributed by atoms with E-state index in [1.807, 2.05) is 4.98 Å². The van der Waals surface area contributed by atoms with Crippen LogP contribution in [0.15, 0.2) is 21.9 Å². The van der Waals surface area contributed by atoms with Crippen LogP contribution in [0.3, 0.4) is 0 Å². The average molecular weight is 1020 g/mol. The molecule has 9 unspecified atom stereocenters. The van der Waals surface area contributed by atoms with Crippen LogP contribution in [-0.4, -0.2) is 136 Å². The highest BCUT2D eigenvalue weighted by atomic mass is 31.3. The minimum Gasteiger partial charge on any atom is -0.457 e. The van der Waals surface area contributed by atoms with Crippen molar-refractivity contribution in [2.24, 2.45) is 0 Å². The van der Waals surface area contributed by atoms with Crippen molar-refractivity contribution in [3.63, 3.8) is 0 Å². The third kappa shape index (κ3) is 21.5. The van der Waals surface area contributed by atoms with Crippen LogP contribution in [0, 0.1) is 0 Å². The van der Waals surface area contributed by atoms with E-state index in [2.05, 4.69) is 23.5 Å². The van der Waals surface area contributed by atoms with Gasteiger partial charge in [0, 0.05) is 12.3 Å². The molecule has 0 spiro atoms. The van der Waals surface area contributed by atoms with Gasteiger partial charge in [0.1, 0.15) is 36.6 Å². The smallest absolute Gasteiger partial charge is 0.457 e. The Morgan fingerprint density at radius 2 is 1.28 bits per heavy atom. The van der Waals surface area contributed by atoms with E-state index >= 15 is 0 Å². The van der Waals surface area contributed by atoms with Gasteiger partial charge in [-0.15, -0.1) is 0 Å². The van der Waals surface area contributed by atoms with E-state index in [1.54, 1.807) is 0 Å². The fourth-order valence-corrected chi connectivity index (χ4v) is 10.2. The Kier molecular flexibility index (Phi) is 27.4. The first-order chi connectivity index (χ1) is 32.3. The number of rotatable bonds is 35. The molecule has 13 atom stereocenters. The number of hydrogen-bond donors (Lipinski definition) is 10. The number of nitrogens with one attached hydrogen (secondary N) is 2. The molecule has 2 saturated heterocycles. The molecule has 3 rings (SSSR count). The van der Waals surface area contributed by atoms with E-state index in [9.17, 15) is 68.7 Å². The fraction of sp³-hybridized carbons (Fsp3) is 0.860. The Bertz CT molecular complexity index is 1840. The first kappa shape index (κ1) is 59.9. The SMILES string of the molecule is CCCCCCCCCCCC(O)CC(=O)NC1C(OP(=O)(O)OP(=O)(O)OC[C@H]2O[C@@H](n3ccc(=O)[nH]c3=O)[C@H](O)[C@@H]2O)OC(CO)C(O)C1OC(=O)CC(O)CCCCCCCCCCC. The van der Waals surface area contributed by atoms with Crippen molar-refractivity contribution in [3.05, 3.63) is 33.1 Å². The number of aliphatic hydroxyl groups is 6. The lowest BCUT2D eigenvalue weighted by molar-refractivity contribution is -0.253. The summed E-state index contributed by atoms with van der Waals surface area (Å²) in [5.41, 5.74) is -1.79. The molecule has 0 aliphatic carbocycles. The highest BCUT2D eigenvalue weighted by Crippen LogP contribution is 2.61. The lowest BCUT2D eigenvalue weighted by atomic mass is 9.96. The molecule has 0 saturated carbocycles. The summed E-state index contributed by atoms with van der Waals surface area (Å²) in [6, 6.07) is -0.977. The van der Waals surface area contributed by atoms with Crippen LogP contribution in [0.5, 0.6) is 0 Å². The minimum atomic E-state index is -5.89. The molecule has 10 N–H and O–H groups in total. The zero-order chi connectivity index (χ0) is 50.3. The molecule has 3 heterocycles. The van der Waals surface area contributed by atoms with Crippen LogP contribution in [0.1, 0.15) is 161 Å². The monoisotopic (exact) mass is 1020 g/mol. The van der Waals surface area contributed by atoms with Gasteiger partial charge in [0.15, 0.2) is 18.6 Å². The number of carbonyl (C=O) groups is 2. The quantitative estimate of drug-likeness (QED) is 0.0265. The van der Waals surface area contributed by atoms with E-state index in [4.69, 9.17) is 23.3 Å². The summed E-state index contributed by atoms with van der Waals surface area (Å²) in [6.45, 7) is 2.20. The molecular weight excluding hydrogens is 940 g/mol. The molecule has 2 fully saturated rings. The topological polar surface area (TPSA) is 352 Å². The maximum atomic E-state index is 13.4. The van der Waals surface area contributed by atoms with Crippen molar-refractivity contribution in [2.45, 2.75) is 222 Å². The number of nitrogens with zero attached hydrogens (tertiary/aromatic N) is 1. The third-order valence-corrected chi connectivity index (χ3v) is 14.5. The first-order valence-electron chi connectivity index (χ1n) is 24.1. The lowest BCUT2D eigenvalue weighted by Crippen LogP contribution is -2.65. The van der Waals surface area contributed by atoms with Gasteiger partial charge in [-0.2, -0.15) is 4.31 Å². The van der Waals surface area contributed by atoms with Gasteiger partial charge in [-0.25, -0.2) is 13.9 Å². The van der Waals surface area contributed by atoms with Crippen molar-refractivity contribution in [3.8, 4) is 0 Å². The van der Waals surface area contributed by atoms with Gasteiger partial charge in [0.25, 0.3) is 5.56 Å². The van der Waals surface area contributed by atoms with Crippen LogP contribution in [0.25, 0.3) is 0 Å². The van der Waals surface area contributed by atoms with Crippen molar-refractivity contribution in [2.75, 3.05) is 13.2 Å². The minimum absolute atomic E-state index is 0.245. The molecule has 2 aliphatic rings. The normalized spacial score (nSPS) is 26.7. The predicted octanol–water partition coefficient (Wildman–Crippen LogP) is 3.22. The van der Waals surface area contributed by atoms with Crippen molar-refractivity contribution in [1.82, 2.24) is 14.9 Å². The molecule has 0 bridgehead atoms. The number of phosphoric acid groups is 2. The second kappa shape index (κ2) is 31.1. The molecule has 0 aromatic carbocycles. The second-order valence-electron chi connectivity index (χ2n) is 17.7. The lowest BCUT2D eigenvalue weighted by Gasteiger charge is -2.43. The molecule has 394 valence electrons. The molecule has 0 radical (unpaired) electrons. The number of amides is 1. The van der Waals surface area contributed by atoms with E-state index < -0.39 is 132 Å². The summed E-state index contributed by atoms with van der Waals surface area (Å²) in [5.74, 6) is -1.98. The zero-order valence-corrected chi connectivity index (χ0v) is 41.1. The summed E-state index contributed by atoms with van der Waals surface area (Å²) >= 11 is 0. The number of aromatic amines is 1. The van der Waals surface area contributed by atoms with Crippen LogP contribution in [0.4, 0.5) is 0 Å². The standard InChI is InChI=1S/C43H77N3O20P2/c1-3-5-7-9-11-13-15-17-19-21-29(48)25-34(51)44-36-40(64-35(52)26-30(49)22-20-18-16-14-12-10-8-6-4-2)38(54)31(27-47)63-42(36)65-68(59,60)66-67(57,58)61-28-32-37(53)39(55)41(62-32)46-24-23-33(50)45-43(46)56/h23-24,29-32,36-42,47-49,53-55H,3-22,25-28H2,1-2H3,(H,44,51)(H,57,58)(H,59,60)(H,45,50,56)/t29?,30?,31?,32-,36?,37-,38?,39-,40?,41-,42?/m1/s1. The number of carbonyl (C=O) groups excluding carboxylic acids is 2. The van der Waals surface area contributed by atoms with Crippen LogP contribution in [-0.2, 0) is 46.3 Å². The number of hydrogen-bond acceptors (Lipinski definition) is 18. The number of aliphatic hydroxyl groups excluding tert-OH is 6. The molecular formula is C43H77N3O20P2. The van der Waals surface area contributed by atoms with Gasteiger partial charge < -0.3 is 60.0 Å². The van der Waals surface area contributed by atoms with Gasteiger partial charge >= 0.3 is 27.3 Å². The van der Waals surface area contributed by atoms with E-state index in [0.29, 0.717) is 12.8 Å². The van der Waals surface area contributed by atoms with Gasteiger partial charge in [0.2, 0.25) is 5.91 Å². The molecule has 68 heavy (non-hydrogen) atoms. The highest BCUT2D eigenvalue weighted by Gasteiger charge is 2.52. The molecule has 25 heteroatoms. The maximum Gasteiger partial charge on any atom is 0.483 e. The summed E-state index contributed by atoms with van der Waals surface area (Å²) < 4.78 is 57.8. The maximum absolute atomic E-state index is 13.4. The van der Waals surface area contributed by atoms with Crippen LogP contribution >= 0.6 is 15.6 Å². The third-order valence-electron chi connectivity index (χ3n) is 11.9. The molecule has 1 aromatic rings. The predicted molar refractivity (Wildman–Crippen MR) is 244 cm³/mol. The summed E-state index contributed by atoms with van der Waals surface area (Å²) in [6.07, 6.45) is 1.76. The van der Waals surface area contributed by atoms with Crippen molar-refractivity contribution >= 4 is 27.5 Å². The molecule has 1 aromatic heterocycles. The number of H-pyrrole nitrogens is 1. The fourth-order valence-electron chi connectivity index (χ4n) is 8.08. The Labute approximate surface area is 397 Å². The van der Waals surface area contributed by atoms with Gasteiger partial charge in [0.05, 0.1) is 38.3 Å². The Morgan fingerprint density at radius 1 is 0.750 bits per heavy atom.